The van der Waals surface area contributed by atoms with Crippen molar-refractivity contribution in [3.8, 4) is 5.75 Å². The van der Waals surface area contributed by atoms with Crippen LogP contribution in [0.25, 0.3) is 12.2 Å². The third-order valence-corrected chi connectivity index (χ3v) is 7.17. The van der Waals surface area contributed by atoms with Gasteiger partial charge in [0.15, 0.2) is 0 Å². The molecule has 0 amide bonds. The highest BCUT2D eigenvalue weighted by Crippen LogP contribution is 2.44. The first-order valence-corrected chi connectivity index (χ1v) is 12.0. The SMILES string of the molecule is CC1(c2ccc(C=Cc3nnc(C4CC4)o3)cc2)c2ccc(O)cc2CCN1c1ccc(F)cc1. The van der Waals surface area contributed by atoms with Gasteiger partial charge in [-0.15, -0.1) is 10.2 Å². The Morgan fingerprint density at radius 3 is 2.51 bits per heavy atom. The van der Waals surface area contributed by atoms with E-state index < -0.39 is 5.54 Å². The number of phenols is 1. The number of halogens is 1. The first-order chi connectivity index (χ1) is 17.0. The van der Waals surface area contributed by atoms with Crippen LogP contribution in [-0.2, 0) is 12.0 Å². The number of rotatable bonds is 5. The molecule has 1 aliphatic carbocycles. The van der Waals surface area contributed by atoms with E-state index in [1.54, 1.807) is 6.07 Å². The molecular weight excluding hydrogens is 441 g/mol. The second kappa shape index (κ2) is 8.38. The van der Waals surface area contributed by atoms with E-state index in [4.69, 9.17) is 4.42 Å². The second-order valence-electron chi connectivity index (χ2n) is 9.50. The number of benzene rings is 3. The highest BCUT2D eigenvalue weighted by Gasteiger charge is 2.40. The van der Waals surface area contributed by atoms with E-state index in [0.717, 1.165) is 59.6 Å². The molecule has 0 radical (unpaired) electrons. The van der Waals surface area contributed by atoms with Crippen molar-refractivity contribution in [3.63, 3.8) is 0 Å². The van der Waals surface area contributed by atoms with Crippen LogP contribution in [0.4, 0.5) is 10.1 Å². The third-order valence-electron chi connectivity index (χ3n) is 7.17. The molecule has 176 valence electrons. The van der Waals surface area contributed by atoms with Gasteiger partial charge >= 0.3 is 0 Å². The van der Waals surface area contributed by atoms with Crippen molar-refractivity contribution in [2.45, 2.75) is 37.6 Å². The Morgan fingerprint density at radius 1 is 1.00 bits per heavy atom. The van der Waals surface area contributed by atoms with Gasteiger partial charge in [-0.25, -0.2) is 4.39 Å². The zero-order chi connectivity index (χ0) is 24.0. The third kappa shape index (κ3) is 3.99. The van der Waals surface area contributed by atoms with Crippen LogP contribution in [0.15, 0.2) is 71.1 Å². The number of aromatic nitrogens is 2. The summed E-state index contributed by atoms with van der Waals surface area (Å²) in [6.45, 7) is 2.94. The van der Waals surface area contributed by atoms with E-state index in [0.29, 0.717) is 11.8 Å². The molecule has 1 aliphatic heterocycles. The Hall–Kier alpha value is -3.93. The van der Waals surface area contributed by atoms with Gasteiger partial charge < -0.3 is 14.4 Å². The molecular formula is C29H26FN3O2. The fraction of sp³-hybridized carbons (Fsp3) is 0.241. The van der Waals surface area contributed by atoms with Gasteiger partial charge in [-0.1, -0.05) is 30.3 Å². The maximum atomic E-state index is 13.7. The van der Waals surface area contributed by atoms with Gasteiger partial charge in [-0.05, 0) is 90.9 Å². The molecule has 1 atom stereocenters. The number of fused-ring (bicyclic) bond motifs is 1. The molecule has 35 heavy (non-hydrogen) atoms. The minimum atomic E-state index is -0.493. The van der Waals surface area contributed by atoms with Crippen molar-refractivity contribution >= 4 is 17.8 Å². The molecule has 3 aromatic carbocycles. The summed E-state index contributed by atoms with van der Waals surface area (Å²) in [7, 11) is 0. The van der Waals surface area contributed by atoms with Crippen LogP contribution >= 0.6 is 0 Å². The van der Waals surface area contributed by atoms with Gasteiger partial charge in [0.25, 0.3) is 0 Å². The summed E-state index contributed by atoms with van der Waals surface area (Å²) in [4.78, 5) is 2.31. The van der Waals surface area contributed by atoms with Gasteiger partial charge in [0.2, 0.25) is 11.8 Å². The highest BCUT2D eigenvalue weighted by molar-refractivity contribution is 5.67. The lowest BCUT2D eigenvalue weighted by Gasteiger charge is -2.48. The van der Waals surface area contributed by atoms with E-state index in [-0.39, 0.29) is 11.6 Å². The van der Waals surface area contributed by atoms with E-state index in [1.807, 2.05) is 36.4 Å². The lowest BCUT2D eigenvalue weighted by atomic mass is 9.76. The van der Waals surface area contributed by atoms with Gasteiger partial charge in [0.1, 0.15) is 11.6 Å². The first kappa shape index (κ1) is 21.6. The molecule has 1 saturated carbocycles. The van der Waals surface area contributed by atoms with E-state index in [1.165, 1.54) is 12.1 Å². The van der Waals surface area contributed by atoms with Crippen molar-refractivity contribution in [2.24, 2.45) is 0 Å². The highest BCUT2D eigenvalue weighted by atomic mass is 19.1. The number of aromatic hydroxyl groups is 1. The summed E-state index contributed by atoms with van der Waals surface area (Å²) in [5.74, 6) is 1.71. The molecule has 1 unspecified atom stereocenters. The van der Waals surface area contributed by atoms with E-state index in [9.17, 15) is 9.50 Å². The molecule has 0 spiro atoms. The Labute approximate surface area is 203 Å². The Kier molecular flexibility index (Phi) is 5.17. The fourth-order valence-corrected chi connectivity index (χ4v) is 5.08. The van der Waals surface area contributed by atoms with E-state index >= 15 is 0 Å². The normalized spacial score (nSPS) is 19.8. The fourth-order valence-electron chi connectivity index (χ4n) is 5.08. The van der Waals surface area contributed by atoms with Gasteiger partial charge in [0.05, 0.1) is 5.54 Å². The Bertz CT molecular complexity index is 1390. The van der Waals surface area contributed by atoms with Crippen LogP contribution in [0.3, 0.4) is 0 Å². The van der Waals surface area contributed by atoms with Crippen LogP contribution in [0, 0.1) is 5.82 Å². The monoisotopic (exact) mass is 467 g/mol. The Morgan fingerprint density at radius 2 is 1.77 bits per heavy atom. The molecule has 4 aromatic rings. The van der Waals surface area contributed by atoms with Crippen molar-refractivity contribution in [1.29, 1.82) is 0 Å². The largest absolute Gasteiger partial charge is 0.508 e. The van der Waals surface area contributed by atoms with Crippen LogP contribution in [0.1, 0.15) is 59.7 Å². The molecule has 1 N–H and O–H groups in total. The van der Waals surface area contributed by atoms with Crippen molar-refractivity contribution < 1.29 is 13.9 Å². The molecule has 5 nitrogen and oxygen atoms in total. The summed E-state index contributed by atoms with van der Waals surface area (Å²) in [5.41, 5.74) is 4.86. The molecule has 0 bridgehead atoms. The molecule has 2 heterocycles. The average Bonchev–Trinajstić information content (AvgIpc) is 3.61. The summed E-state index contributed by atoms with van der Waals surface area (Å²) in [6, 6.07) is 20.7. The lowest BCUT2D eigenvalue weighted by Crippen LogP contribution is -2.49. The zero-order valence-corrected chi connectivity index (χ0v) is 19.5. The minimum Gasteiger partial charge on any atom is -0.508 e. The predicted octanol–water partition coefficient (Wildman–Crippen LogP) is 6.29. The molecule has 2 aliphatic rings. The standard InChI is InChI=1S/C29H26FN3O2/c1-29(22-7-2-19(3-8-22)4-15-27-31-32-28(35-27)20-5-6-20)26-14-13-25(34)18-21(26)16-17-33(29)24-11-9-23(30)10-12-24/h2-4,7-15,18,20,34H,5-6,16-17H2,1H3. The van der Waals surface area contributed by atoms with Crippen LogP contribution in [0.5, 0.6) is 5.75 Å². The number of nitrogens with zero attached hydrogens (tertiary/aromatic N) is 3. The van der Waals surface area contributed by atoms with Crippen molar-refractivity contribution in [2.75, 3.05) is 11.4 Å². The molecule has 1 aromatic heterocycles. The summed E-state index contributed by atoms with van der Waals surface area (Å²) < 4.78 is 19.4. The maximum Gasteiger partial charge on any atom is 0.240 e. The topological polar surface area (TPSA) is 62.4 Å². The Balaban J connectivity index is 1.35. The molecule has 6 heteroatoms. The smallest absolute Gasteiger partial charge is 0.240 e. The molecule has 0 saturated heterocycles. The predicted molar refractivity (Wildman–Crippen MR) is 134 cm³/mol. The average molecular weight is 468 g/mol. The number of anilines is 1. The summed E-state index contributed by atoms with van der Waals surface area (Å²) in [5, 5.41) is 18.3. The molecule has 6 rings (SSSR count). The van der Waals surface area contributed by atoms with Gasteiger partial charge in [-0.3, -0.25) is 0 Å². The van der Waals surface area contributed by atoms with Crippen molar-refractivity contribution in [1.82, 2.24) is 10.2 Å². The number of phenolic OH excluding ortho intramolecular Hbond substituents is 1. The van der Waals surface area contributed by atoms with Crippen molar-refractivity contribution in [3.05, 3.63) is 107 Å². The van der Waals surface area contributed by atoms with Crippen LogP contribution in [0.2, 0.25) is 0 Å². The van der Waals surface area contributed by atoms with E-state index in [2.05, 4.69) is 46.3 Å². The number of hydrogen-bond donors (Lipinski definition) is 1. The minimum absolute atomic E-state index is 0.251. The number of hydrogen-bond acceptors (Lipinski definition) is 5. The van der Waals surface area contributed by atoms with Crippen LogP contribution in [-0.4, -0.2) is 21.8 Å². The lowest BCUT2D eigenvalue weighted by molar-refractivity contribution is 0.463. The second-order valence-corrected chi connectivity index (χ2v) is 9.50. The quantitative estimate of drug-likeness (QED) is 0.374. The first-order valence-electron chi connectivity index (χ1n) is 12.0. The van der Waals surface area contributed by atoms with Crippen LogP contribution < -0.4 is 4.90 Å². The zero-order valence-electron chi connectivity index (χ0n) is 19.5. The summed E-state index contributed by atoms with van der Waals surface area (Å²) in [6.07, 6.45) is 6.87. The van der Waals surface area contributed by atoms with Gasteiger partial charge in [0, 0.05) is 24.2 Å². The van der Waals surface area contributed by atoms with Gasteiger partial charge in [-0.2, -0.15) is 0 Å². The maximum absolute atomic E-state index is 13.7. The summed E-state index contributed by atoms with van der Waals surface area (Å²) >= 11 is 0. The molecule has 1 fully saturated rings.